The van der Waals surface area contributed by atoms with E-state index >= 15 is 0 Å². The van der Waals surface area contributed by atoms with Crippen molar-refractivity contribution in [3.05, 3.63) is 0 Å². The van der Waals surface area contributed by atoms with Gasteiger partial charge in [-0.25, -0.2) is 0 Å². The number of Topliss-reactive ketones (excluding diaryl/α,β-unsaturated/α-hetero) is 1. The summed E-state index contributed by atoms with van der Waals surface area (Å²) < 4.78 is 12.4. The molecule has 55 heavy (non-hydrogen) atoms. The highest BCUT2D eigenvalue weighted by Gasteiger charge is 2.29. The molecule has 0 spiro atoms. The number of ketones is 1. The molecule has 0 aromatic rings. The minimum Gasteiger partial charge on any atom is -0.461 e. The third-order valence-corrected chi connectivity index (χ3v) is 16.3. The lowest BCUT2D eigenvalue weighted by Gasteiger charge is -2.30. The second-order valence-electron chi connectivity index (χ2n) is 18.2. The molecule has 0 amide bonds. The summed E-state index contributed by atoms with van der Waals surface area (Å²) in [6.07, 6.45) is 35.9. The molecular weight excluding hydrogens is 741 g/mol. The van der Waals surface area contributed by atoms with Gasteiger partial charge in [0.1, 0.15) is 18.0 Å². The molecule has 4 fully saturated rings. The molecule has 0 aromatic heterocycles. The summed E-state index contributed by atoms with van der Waals surface area (Å²) in [6.45, 7) is 2.08. The van der Waals surface area contributed by atoms with Crippen LogP contribution in [0.1, 0.15) is 206 Å². The summed E-state index contributed by atoms with van der Waals surface area (Å²) in [5.74, 6) is 6.95. The highest BCUT2D eigenvalue weighted by Crippen LogP contribution is 2.34. The van der Waals surface area contributed by atoms with Gasteiger partial charge in [-0.05, 0) is 99.4 Å². The molecule has 8 heteroatoms. The van der Waals surface area contributed by atoms with Crippen molar-refractivity contribution in [3.8, 4) is 0 Å². The minimum absolute atomic E-state index is 0.0330. The average Bonchev–Trinajstić information content (AvgIpc) is 3.21. The van der Waals surface area contributed by atoms with Crippen LogP contribution < -0.4 is 0 Å². The average molecular weight is 823 g/mol. The van der Waals surface area contributed by atoms with Crippen LogP contribution >= 0.6 is 36.2 Å². The van der Waals surface area contributed by atoms with Crippen LogP contribution in [0.15, 0.2) is 0 Å². The van der Waals surface area contributed by atoms with Gasteiger partial charge in [0, 0.05) is 41.9 Å². The van der Waals surface area contributed by atoms with E-state index in [0.717, 1.165) is 86.2 Å². The van der Waals surface area contributed by atoms with Crippen LogP contribution in [0.25, 0.3) is 0 Å². The van der Waals surface area contributed by atoms with Crippen molar-refractivity contribution >= 4 is 53.9 Å². The first-order valence-corrected chi connectivity index (χ1v) is 26.5. The Bertz CT molecular complexity index is 1030. The zero-order valence-electron chi connectivity index (χ0n) is 35.2. The normalized spacial score (nSPS) is 21.8. The zero-order chi connectivity index (χ0) is 38.9. The Morgan fingerprint density at radius 3 is 1.40 bits per heavy atom. The van der Waals surface area contributed by atoms with E-state index in [2.05, 4.69) is 6.92 Å². The molecule has 0 saturated heterocycles. The van der Waals surface area contributed by atoms with Crippen LogP contribution in [-0.4, -0.2) is 58.2 Å². The van der Waals surface area contributed by atoms with Crippen LogP contribution in [0.5, 0.6) is 0 Å². The van der Waals surface area contributed by atoms with Crippen molar-refractivity contribution in [1.82, 2.24) is 0 Å². The quantitative estimate of drug-likeness (QED) is 0.0503. The molecule has 4 aliphatic rings. The Kier molecular flexibility index (Phi) is 24.9. The highest BCUT2D eigenvalue weighted by atomic mass is 32.2. The summed E-state index contributed by atoms with van der Waals surface area (Å²) in [4.78, 5) is 39.1. The van der Waals surface area contributed by atoms with Crippen molar-refractivity contribution in [2.24, 2.45) is 29.6 Å². The fourth-order valence-corrected chi connectivity index (χ4v) is 12.7. The van der Waals surface area contributed by atoms with Gasteiger partial charge in [-0.1, -0.05) is 122 Å². The number of rotatable bonds is 27. The predicted molar refractivity (Wildman–Crippen MR) is 238 cm³/mol. The molecule has 5 nitrogen and oxygen atoms in total. The number of thiol groups is 1. The summed E-state index contributed by atoms with van der Waals surface area (Å²) in [5.41, 5.74) is 0. The molecule has 0 N–H and O–H groups in total. The highest BCUT2D eigenvalue weighted by molar-refractivity contribution is 7.99. The number of unbranched alkanes of at least 4 members (excludes halogenated alkanes) is 3. The van der Waals surface area contributed by atoms with Crippen LogP contribution in [0.4, 0.5) is 0 Å². The van der Waals surface area contributed by atoms with Gasteiger partial charge in [0.25, 0.3) is 0 Å². The Labute approximate surface area is 352 Å². The summed E-state index contributed by atoms with van der Waals surface area (Å²) in [5, 5.41) is 0.0847. The molecule has 0 bridgehead atoms. The van der Waals surface area contributed by atoms with Gasteiger partial charge in [-0.3, -0.25) is 14.4 Å². The molecule has 0 heterocycles. The lowest BCUT2D eigenvalue weighted by molar-refractivity contribution is -0.152. The molecule has 4 atom stereocenters. The number of esters is 2. The third kappa shape index (κ3) is 20.0. The van der Waals surface area contributed by atoms with Gasteiger partial charge in [0.05, 0.1) is 0 Å². The first-order valence-electron chi connectivity index (χ1n) is 23.6. The van der Waals surface area contributed by atoms with Crippen molar-refractivity contribution in [3.63, 3.8) is 0 Å². The van der Waals surface area contributed by atoms with Gasteiger partial charge in [0.2, 0.25) is 0 Å². The van der Waals surface area contributed by atoms with Crippen molar-refractivity contribution in [2.75, 3.05) is 23.0 Å². The van der Waals surface area contributed by atoms with Crippen LogP contribution in [0.2, 0.25) is 0 Å². The molecule has 4 saturated carbocycles. The predicted octanol–water partition coefficient (Wildman–Crippen LogP) is 13.4. The lowest BCUT2D eigenvalue weighted by Crippen LogP contribution is -2.31. The van der Waals surface area contributed by atoms with E-state index in [-0.39, 0.29) is 35.3 Å². The SMILES string of the molecule is CC(S)C(CCCCSCC(OC(=O)CCC1CCCCC1)C1CCCCC1)C(=O)CCCCCSCC(OC(=O)CCC1CCCCC1)C1CCCCC1. The summed E-state index contributed by atoms with van der Waals surface area (Å²) in [7, 11) is 0. The van der Waals surface area contributed by atoms with E-state index in [9.17, 15) is 14.4 Å². The molecule has 4 aliphatic carbocycles. The van der Waals surface area contributed by atoms with E-state index in [1.54, 1.807) is 0 Å². The van der Waals surface area contributed by atoms with E-state index in [4.69, 9.17) is 22.1 Å². The van der Waals surface area contributed by atoms with E-state index < -0.39 is 0 Å². The van der Waals surface area contributed by atoms with Gasteiger partial charge in [0.15, 0.2) is 0 Å². The second-order valence-corrected chi connectivity index (χ2v) is 21.3. The number of hydrogen-bond donors (Lipinski definition) is 1. The first kappa shape index (κ1) is 47.3. The van der Waals surface area contributed by atoms with Gasteiger partial charge in [-0.15, -0.1) is 0 Å². The number of carbonyl (C=O) groups excluding carboxylic acids is 3. The summed E-state index contributed by atoms with van der Waals surface area (Å²) >= 11 is 8.64. The maximum Gasteiger partial charge on any atom is 0.306 e. The third-order valence-electron chi connectivity index (χ3n) is 13.7. The van der Waals surface area contributed by atoms with Crippen LogP contribution in [0.3, 0.4) is 0 Å². The maximum atomic E-state index is 13.3. The van der Waals surface area contributed by atoms with E-state index in [1.165, 1.54) is 128 Å². The van der Waals surface area contributed by atoms with Crippen molar-refractivity contribution < 1.29 is 23.9 Å². The lowest BCUT2D eigenvalue weighted by atomic mass is 9.85. The molecule has 0 radical (unpaired) electrons. The monoisotopic (exact) mass is 823 g/mol. The Balaban J connectivity index is 1.06. The molecular formula is C47H82O5S3. The number of ether oxygens (including phenoxy) is 2. The Morgan fingerprint density at radius 1 is 0.545 bits per heavy atom. The number of hydrogen-bond acceptors (Lipinski definition) is 8. The number of carbonyl (C=O) groups is 3. The van der Waals surface area contributed by atoms with Crippen molar-refractivity contribution in [1.29, 1.82) is 0 Å². The van der Waals surface area contributed by atoms with Gasteiger partial charge >= 0.3 is 11.9 Å². The topological polar surface area (TPSA) is 69.7 Å². The van der Waals surface area contributed by atoms with Gasteiger partial charge < -0.3 is 9.47 Å². The molecule has 318 valence electrons. The zero-order valence-corrected chi connectivity index (χ0v) is 37.7. The smallest absolute Gasteiger partial charge is 0.306 e. The molecule has 0 aromatic carbocycles. The standard InChI is InChI=1S/C47H82O5S3/c1-37(53)42(27-16-18-34-55-36-45(41-25-13-5-14-26-41)52-47(50)32-30-39-21-9-3-10-22-39)43(48)28-15-6-17-33-54-35-44(40-23-11-4-12-24-40)51-46(49)31-29-38-19-7-2-8-20-38/h37-42,44-45,53H,2-36H2,1H3. The Hall–Kier alpha value is -0.340. The van der Waals surface area contributed by atoms with Crippen LogP contribution in [0, 0.1) is 29.6 Å². The fraction of sp³-hybridized carbons (Fsp3) is 0.936. The Morgan fingerprint density at radius 2 is 0.964 bits per heavy atom. The minimum atomic E-state index is 0.0330. The molecule has 4 unspecified atom stereocenters. The largest absolute Gasteiger partial charge is 0.461 e. The van der Waals surface area contributed by atoms with E-state index in [1.807, 2.05) is 23.5 Å². The fourth-order valence-electron chi connectivity index (χ4n) is 10.1. The molecule has 0 aliphatic heterocycles. The molecule has 4 rings (SSSR count). The maximum absolute atomic E-state index is 13.3. The van der Waals surface area contributed by atoms with E-state index in [0.29, 0.717) is 36.9 Å². The van der Waals surface area contributed by atoms with Crippen LogP contribution in [-0.2, 0) is 23.9 Å². The van der Waals surface area contributed by atoms with Crippen molar-refractivity contribution in [2.45, 2.75) is 223 Å². The first-order chi connectivity index (χ1) is 26.9. The number of thioether (sulfide) groups is 2. The summed E-state index contributed by atoms with van der Waals surface area (Å²) in [6, 6.07) is 0. The van der Waals surface area contributed by atoms with Gasteiger partial charge in [-0.2, -0.15) is 36.2 Å². The second kappa shape index (κ2) is 29.0.